The summed E-state index contributed by atoms with van der Waals surface area (Å²) in [7, 11) is 0. The summed E-state index contributed by atoms with van der Waals surface area (Å²) >= 11 is 0. The van der Waals surface area contributed by atoms with E-state index in [1.165, 1.54) is 0 Å². The zero-order valence-corrected chi connectivity index (χ0v) is 14.7. The predicted molar refractivity (Wildman–Crippen MR) is 89.7 cm³/mol. The van der Waals surface area contributed by atoms with E-state index in [0.29, 0.717) is 23.9 Å². The number of carbonyl (C=O) groups is 1. The summed E-state index contributed by atoms with van der Waals surface area (Å²) in [5.74, 6) is 1.57. The lowest BCUT2D eigenvalue weighted by Gasteiger charge is -2.38. The summed E-state index contributed by atoms with van der Waals surface area (Å²) in [5.41, 5.74) is 1.13. The normalized spacial score (nSPS) is 25.5. The Hall–Kier alpha value is -2.22. The average molecular weight is 328 g/mol. The van der Waals surface area contributed by atoms with E-state index in [4.69, 9.17) is 14.7 Å². The van der Waals surface area contributed by atoms with Crippen LogP contribution in [0.4, 0.5) is 4.79 Å². The molecule has 1 aromatic carbocycles. The summed E-state index contributed by atoms with van der Waals surface area (Å²) in [6.07, 6.45) is 0.814. The number of fused-ring (bicyclic) bond motifs is 1. The van der Waals surface area contributed by atoms with Gasteiger partial charge in [0.2, 0.25) is 0 Å². The molecule has 0 spiro atoms. The number of aryl methyl sites for hydroxylation is 1. The Labute approximate surface area is 143 Å². The van der Waals surface area contributed by atoms with Crippen molar-refractivity contribution in [2.24, 2.45) is 11.8 Å². The van der Waals surface area contributed by atoms with Crippen LogP contribution in [-0.4, -0.2) is 35.8 Å². The monoisotopic (exact) mass is 328 g/mol. The van der Waals surface area contributed by atoms with Gasteiger partial charge < -0.3 is 14.4 Å². The van der Waals surface area contributed by atoms with E-state index in [1.54, 1.807) is 11.0 Å². The van der Waals surface area contributed by atoms with Gasteiger partial charge in [0, 0.05) is 19.0 Å². The van der Waals surface area contributed by atoms with Crippen molar-refractivity contribution < 1.29 is 14.3 Å². The standard InChI is InChI=1S/C19H24N2O3/c1-12-5-6-15(7-13(12)9-20)23-17-8-14-10-21(11-16(14)17)18(22)24-19(2,3)4/h5-7,14,16-17H,8,10-11H2,1-4H3. The Morgan fingerprint density at radius 1 is 1.33 bits per heavy atom. The second kappa shape index (κ2) is 6.01. The highest BCUT2D eigenvalue weighted by atomic mass is 16.6. The molecule has 1 aliphatic carbocycles. The van der Waals surface area contributed by atoms with Crippen molar-refractivity contribution in [2.45, 2.75) is 45.8 Å². The van der Waals surface area contributed by atoms with Crippen LogP contribution in [0.25, 0.3) is 0 Å². The van der Waals surface area contributed by atoms with Crippen molar-refractivity contribution in [1.29, 1.82) is 5.26 Å². The summed E-state index contributed by atoms with van der Waals surface area (Å²) in [6, 6.07) is 7.80. The maximum Gasteiger partial charge on any atom is 0.410 e. The summed E-state index contributed by atoms with van der Waals surface area (Å²) in [4.78, 5) is 14.0. The van der Waals surface area contributed by atoms with E-state index >= 15 is 0 Å². The highest BCUT2D eigenvalue weighted by molar-refractivity contribution is 5.68. The van der Waals surface area contributed by atoms with Gasteiger partial charge in [-0.15, -0.1) is 0 Å². The lowest BCUT2D eigenvalue weighted by atomic mass is 9.73. The van der Waals surface area contributed by atoms with Crippen molar-refractivity contribution >= 4 is 6.09 Å². The van der Waals surface area contributed by atoms with E-state index in [0.717, 1.165) is 24.3 Å². The second-order valence-electron chi connectivity index (χ2n) is 7.79. The van der Waals surface area contributed by atoms with Gasteiger partial charge in [0.25, 0.3) is 0 Å². The number of rotatable bonds is 2. The van der Waals surface area contributed by atoms with Crippen LogP contribution in [0.5, 0.6) is 5.75 Å². The molecular formula is C19H24N2O3. The first-order chi connectivity index (χ1) is 11.3. The molecule has 5 heteroatoms. The van der Waals surface area contributed by atoms with Crippen molar-refractivity contribution in [2.75, 3.05) is 13.1 Å². The van der Waals surface area contributed by atoms with E-state index in [-0.39, 0.29) is 12.2 Å². The van der Waals surface area contributed by atoms with Gasteiger partial charge in [0.1, 0.15) is 17.5 Å². The maximum atomic E-state index is 12.2. The van der Waals surface area contributed by atoms with Gasteiger partial charge in [-0.05, 0) is 57.7 Å². The van der Waals surface area contributed by atoms with Crippen LogP contribution in [0, 0.1) is 30.1 Å². The molecular weight excluding hydrogens is 304 g/mol. The summed E-state index contributed by atoms with van der Waals surface area (Å²) in [5, 5.41) is 9.12. The van der Waals surface area contributed by atoms with Gasteiger partial charge in [-0.1, -0.05) is 6.07 Å². The van der Waals surface area contributed by atoms with Crippen LogP contribution in [0.3, 0.4) is 0 Å². The molecule has 128 valence electrons. The van der Waals surface area contributed by atoms with Crippen LogP contribution in [0.2, 0.25) is 0 Å². The molecule has 3 rings (SSSR count). The fraction of sp³-hybridized carbons (Fsp3) is 0.579. The first-order valence-electron chi connectivity index (χ1n) is 8.42. The first kappa shape index (κ1) is 16.6. The number of nitrogens with zero attached hydrogens (tertiary/aromatic N) is 2. The number of benzene rings is 1. The number of ether oxygens (including phenoxy) is 2. The predicted octanol–water partition coefficient (Wildman–Crippen LogP) is 3.50. The Morgan fingerprint density at radius 2 is 2.08 bits per heavy atom. The smallest absolute Gasteiger partial charge is 0.410 e. The summed E-state index contributed by atoms with van der Waals surface area (Å²) in [6.45, 7) is 8.98. The topological polar surface area (TPSA) is 62.6 Å². The molecule has 1 aromatic rings. The number of carbonyl (C=O) groups excluding carboxylic acids is 1. The van der Waals surface area contributed by atoms with Crippen molar-refractivity contribution in [3.63, 3.8) is 0 Å². The maximum absolute atomic E-state index is 12.2. The van der Waals surface area contributed by atoms with Crippen LogP contribution in [0.1, 0.15) is 38.3 Å². The van der Waals surface area contributed by atoms with Gasteiger partial charge in [0.05, 0.1) is 11.6 Å². The van der Waals surface area contributed by atoms with Crippen molar-refractivity contribution in [3.8, 4) is 11.8 Å². The Balaban J connectivity index is 1.59. The third-order valence-corrected chi connectivity index (χ3v) is 4.77. The molecule has 5 nitrogen and oxygen atoms in total. The number of hydrogen-bond donors (Lipinski definition) is 0. The largest absolute Gasteiger partial charge is 0.490 e. The molecule has 3 unspecified atom stereocenters. The molecule has 2 aliphatic rings. The van der Waals surface area contributed by atoms with E-state index in [1.807, 2.05) is 39.8 Å². The number of amides is 1. The average Bonchev–Trinajstić information content (AvgIpc) is 2.82. The highest BCUT2D eigenvalue weighted by Gasteiger charge is 2.50. The van der Waals surface area contributed by atoms with Crippen molar-refractivity contribution in [1.82, 2.24) is 4.90 Å². The lowest BCUT2D eigenvalue weighted by Crippen LogP contribution is -2.44. The molecule has 0 bridgehead atoms. The van der Waals surface area contributed by atoms with Crippen LogP contribution < -0.4 is 4.74 Å². The van der Waals surface area contributed by atoms with Gasteiger partial charge in [-0.2, -0.15) is 5.26 Å². The first-order valence-corrected chi connectivity index (χ1v) is 8.42. The Morgan fingerprint density at radius 3 is 2.75 bits per heavy atom. The molecule has 0 radical (unpaired) electrons. The molecule has 2 fully saturated rings. The molecule has 1 saturated carbocycles. The van der Waals surface area contributed by atoms with Gasteiger partial charge >= 0.3 is 6.09 Å². The van der Waals surface area contributed by atoms with Gasteiger partial charge in [-0.3, -0.25) is 0 Å². The minimum atomic E-state index is -0.468. The fourth-order valence-electron chi connectivity index (χ4n) is 3.43. The Bertz CT molecular complexity index is 687. The zero-order valence-electron chi connectivity index (χ0n) is 14.7. The number of likely N-dealkylation sites (tertiary alicyclic amines) is 1. The van der Waals surface area contributed by atoms with Crippen LogP contribution >= 0.6 is 0 Å². The number of nitriles is 1. The van der Waals surface area contributed by atoms with E-state index in [9.17, 15) is 4.79 Å². The molecule has 1 amide bonds. The summed E-state index contributed by atoms with van der Waals surface area (Å²) < 4.78 is 11.5. The number of hydrogen-bond acceptors (Lipinski definition) is 4. The van der Waals surface area contributed by atoms with E-state index < -0.39 is 5.60 Å². The molecule has 1 heterocycles. The zero-order chi connectivity index (χ0) is 17.5. The fourth-order valence-corrected chi connectivity index (χ4v) is 3.43. The van der Waals surface area contributed by atoms with Gasteiger partial charge in [0.15, 0.2) is 0 Å². The molecule has 0 N–H and O–H groups in total. The third kappa shape index (κ3) is 3.33. The van der Waals surface area contributed by atoms with Crippen LogP contribution in [-0.2, 0) is 4.74 Å². The van der Waals surface area contributed by atoms with Crippen LogP contribution in [0.15, 0.2) is 18.2 Å². The third-order valence-electron chi connectivity index (χ3n) is 4.77. The minimum absolute atomic E-state index is 0.108. The van der Waals surface area contributed by atoms with Crippen molar-refractivity contribution in [3.05, 3.63) is 29.3 Å². The lowest BCUT2D eigenvalue weighted by molar-refractivity contribution is 0.0156. The molecule has 1 saturated heterocycles. The minimum Gasteiger partial charge on any atom is -0.490 e. The molecule has 0 aromatic heterocycles. The SMILES string of the molecule is Cc1ccc(OC2CC3CN(C(=O)OC(C)(C)C)CC32)cc1C#N. The quantitative estimate of drug-likeness (QED) is 0.833. The van der Waals surface area contributed by atoms with Gasteiger partial charge in [-0.25, -0.2) is 4.79 Å². The highest BCUT2D eigenvalue weighted by Crippen LogP contribution is 2.43. The molecule has 3 atom stereocenters. The Kier molecular flexibility index (Phi) is 4.16. The second-order valence-corrected chi connectivity index (χ2v) is 7.79. The molecule has 24 heavy (non-hydrogen) atoms. The molecule has 1 aliphatic heterocycles. The van der Waals surface area contributed by atoms with E-state index in [2.05, 4.69) is 6.07 Å².